The number of imidazole rings is 1. The van der Waals surface area contributed by atoms with E-state index in [2.05, 4.69) is 28.3 Å². The van der Waals surface area contributed by atoms with Crippen LogP contribution in [-0.2, 0) is 19.5 Å². The molecule has 27 heavy (non-hydrogen) atoms. The largest absolute Gasteiger partial charge is 0.465 e. The molecule has 3 heterocycles. The summed E-state index contributed by atoms with van der Waals surface area (Å²) >= 11 is 0. The average molecular weight is 365 g/mol. The summed E-state index contributed by atoms with van der Waals surface area (Å²) < 4.78 is 1.95. The first-order chi connectivity index (χ1) is 13.1. The van der Waals surface area contributed by atoms with Gasteiger partial charge in [0, 0.05) is 18.9 Å². The van der Waals surface area contributed by atoms with Crippen LogP contribution < -0.4 is 5.32 Å². The minimum atomic E-state index is -1.04. The lowest BCUT2D eigenvalue weighted by atomic mass is 9.91. The van der Waals surface area contributed by atoms with Gasteiger partial charge in [-0.15, -0.1) is 0 Å². The zero-order valence-electron chi connectivity index (χ0n) is 15.3. The number of aryl methyl sites for hydroxylation is 1. The van der Waals surface area contributed by atoms with Gasteiger partial charge in [-0.05, 0) is 50.1 Å². The zero-order valence-corrected chi connectivity index (χ0v) is 15.3. The molecule has 0 unspecified atom stereocenters. The van der Waals surface area contributed by atoms with Crippen LogP contribution in [0.5, 0.6) is 0 Å². The van der Waals surface area contributed by atoms with E-state index in [1.165, 1.54) is 5.56 Å². The summed E-state index contributed by atoms with van der Waals surface area (Å²) in [4.78, 5) is 22.6. The third kappa shape index (κ3) is 3.50. The number of fused-ring (bicyclic) bond motifs is 2. The molecule has 0 bridgehead atoms. The van der Waals surface area contributed by atoms with Crippen molar-refractivity contribution in [1.29, 1.82) is 0 Å². The van der Waals surface area contributed by atoms with Crippen LogP contribution in [0.2, 0.25) is 0 Å². The number of amides is 1. The molecule has 0 aliphatic heterocycles. The van der Waals surface area contributed by atoms with Crippen LogP contribution in [0, 0.1) is 0 Å². The topological polar surface area (TPSA) is 82.8 Å². The van der Waals surface area contributed by atoms with Gasteiger partial charge in [0.2, 0.25) is 0 Å². The number of hydrogen-bond acceptors (Lipinski definition) is 4. The Bertz CT molecular complexity index is 968. The lowest BCUT2D eigenvalue weighted by Crippen LogP contribution is -2.29. The van der Waals surface area contributed by atoms with E-state index in [-0.39, 0.29) is 12.6 Å². The first-order valence-electron chi connectivity index (χ1n) is 9.19. The first-order valence-corrected chi connectivity index (χ1v) is 9.19. The fourth-order valence-corrected chi connectivity index (χ4v) is 3.93. The molecule has 4 rings (SSSR count). The third-order valence-electron chi connectivity index (χ3n) is 5.22. The first kappa shape index (κ1) is 17.5. The van der Waals surface area contributed by atoms with Crippen molar-refractivity contribution < 1.29 is 9.90 Å². The van der Waals surface area contributed by atoms with E-state index >= 15 is 0 Å². The number of pyridine rings is 2. The van der Waals surface area contributed by atoms with E-state index < -0.39 is 6.09 Å². The van der Waals surface area contributed by atoms with Gasteiger partial charge in [0.05, 0.1) is 29.7 Å². The molecule has 1 aliphatic carbocycles. The molecule has 1 atom stereocenters. The van der Waals surface area contributed by atoms with E-state index in [9.17, 15) is 4.79 Å². The van der Waals surface area contributed by atoms with Crippen molar-refractivity contribution in [3.63, 3.8) is 0 Å². The molecule has 1 amide bonds. The number of aromatic nitrogens is 3. The standard InChI is InChI=1S/C20H23N5O2/c1-24(16-8-4-6-14-7-5-10-21-19(14)16)13-15-17(12-22-20(26)27)25-11-3-2-9-18(25)23-15/h2-3,5,7,9-11,16,22H,4,6,8,12-13H2,1H3,(H,26,27)/t16-/m0/s1. The van der Waals surface area contributed by atoms with Crippen molar-refractivity contribution in [1.82, 2.24) is 24.6 Å². The molecule has 0 spiro atoms. The minimum Gasteiger partial charge on any atom is -0.465 e. The Morgan fingerprint density at radius 2 is 2.26 bits per heavy atom. The van der Waals surface area contributed by atoms with Gasteiger partial charge in [-0.25, -0.2) is 9.78 Å². The summed E-state index contributed by atoms with van der Waals surface area (Å²) in [5.41, 5.74) is 5.06. The predicted molar refractivity (Wildman–Crippen MR) is 101 cm³/mol. The number of hydrogen-bond donors (Lipinski definition) is 2. The summed E-state index contributed by atoms with van der Waals surface area (Å²) in [7, 11) is 2.09. The monoisotopic (exact) mass is 365 g/mol. The fraction of sp³-hybridized carbons (Fsp3) is 0.350. The molecule has 7 nitrogen and oxygen atoms in total. The Hall–Kier alpha value is -2.93. The summed E-state index contributed by atoms with van der Waals surface area (Å²) in [6, 6.07) is 10.2. The van der Waals surface area contributed by atoms with Crippen molar-refractivity contribution in [2.24, 2.45) is 0 Å². The molecule has 0 saturated carbocycles. The van der Waals surface area contributed by atoms with E-state index in [4.69, 9.17) is 10.1 Å². The van der Waals surface area contributed by atoms with E-state index in [0.29, 0.717) is 6.54 Å². The maximum absolute atomic E-state index is 11.0. The van der Waals surface area contributed by atoms with Gasteiger partial charge in [-0.3, -0.25) is 9.88 Å². The Balaban J connectivity index is 1.63. The Morgan fingerprint density at radius 3 is 3.11 bits per heavy atom. The number of nitrogens with zero attached hydrogens (tertiary/aromatic N) is 4. The fourth-order valence-electron chi connectivity index (χ4n) is 3.93. The van der Waals surface area contributed by atoms with Gasteiger partial charge >= 0.3 is 6.09 Å². The maximum atomic E-state index is 11.0. The molecule has 0 radical (unpaired) electrons. The molecule has 0 fully saturated rings. The summed E-state index contributed by atoms with van der Waals surface area (Å²) in [5.74, 6) is 0. The minimum absolute atomic E-state index is 0.225. The van der Waals surface area contributed by atoms with Crippen molar-refractivity contribution >= 4 is 11.7 Å². The van der Waals surface area contributed by atoms with Gasteiger partial charge < -0.3 is 14.8 Å². The molecule has 140 valence electrons. The molecule has 7 heteroatoms. The summed E-state index contributed by atoms with van der Waals surface area (Å²) in [6.45, 7) is 0.863. The van der Waals surface area contributed by atoms with Crippen molar-refractivity contribution in [3.8, 4) is 0 Å². The number of nitrogens with one attached hydrogen (secondary N) is 1. The highest BCUT2D eigenvalue weighted by Crippen LogP contribution is 2.33. The highest BCUT2D eigenvalue weighted by atomic mass is 16.4. The second kappa shape index (κ2) is 7.36. The Kier molecular flexibility index (Phi) is 4.77. The molecular formula is C20H23N5O2. The molecule has 3 aromatic rings. The molecule has 2 N–H and O–H groups in total. The zero-order chi connectivity index (χ0) is 18.8. The van der Waals surface area contributed by atoms with E-state index in [0.717, 1.165) is 42.0 Å². The summed E-state index contributed by atoms with van der Waals surface area (Å²) in [6.07, 6.45) is 6.03. The lowest BCUT2D eigenvalue weighted by Gasteiger charge is -2.32. The van der Waals surface area contributed by atoms with Crippen molar-refractivity contribution in [2.75, 3.05) is 7.05 Å². The quantitative estimate of drug-likeness (QED) is 0.726. The smallest absolute Gasteiger partial charge is 0.404 e. The van der Waals surface area contributed by atoms with Crippen LogP contribution in [0.15, 0.2) is 42.7 Å². The van der Waals surface area contributed by atoms with Crippen molar-refractivity contribution in [2.45, 2.75) is 38.4 Å². The lowest BCUT2D eigenvalue weighted by molar-refractivity contribution is 0.193. The van der Waals surface area contributed by atoms with Gasteiger partial charge in [-0.1, -0.05) is 12.1 Å². The molecule has 0 aromatic carbocycles. The van der Waals surface area contributed by atoms with Crippen LogP contribution in [0.25, 0.3) is 5.65 Å². The average Bonchev–Trinajstić information content (AvgIpc) is 3.02. The number of carboxylic acid groups (broad SMARTS) is 1. The number of carbonyl (C=O) groups is 1. The highest BCUT2D eigenvalue weighted by Gasteiger charge is 2.26. The summed E-state index contributed by atoms with van der Waals surface area (Å²) in [5, 5.41) is 11.5. The van der Waals surface area contributed by atoms with Crippen LogP contribution in [0.3, 0.4) is 0 Å². The maximum Gasteiger partial charge on any atom is 0.404 e. The number of rotatable bonds is 5. The van der Waals surface area contributed by atoms with Crippen LogP contribution in [-0.4, -0.2) is 37.5 Å². The molecule has 3 aromatic heterocycles. The SMILES string of the molecule is CN(Cc1nc2ccccn2c1CNC(=O)O)[C@H]1CCCc2cccnc21. The highest BCUT2D eigenvalue weighted by molar-refractivity contribution is 5.64. The second-order valence-electron chi connectivity index (χ2n) is 6.96. The van der Waals surface area contributed by atoms with Gasteiger partial charge in [-0.2, -0.15) is 0 Å². The third-order valence-corrected chi connectivity index (χ3v) is 5.22. The van der Waals surface area contributed by atoms with Gasteiger partial charge in [0.1, 0.15) is 5.65 Å². The molecule has 0 saturated heterocycles. The van der Waals surface area contributed by atoms with Gasteiger partial charge in [0.15, 0.2) is 0 Å². The second-order valence-corrected chi connectivity index (χ2v) is 6.96. The van der Waals surface area contributed by atoms with E-state index in [1.54, 1.807) is 0 Å². The molecular weight excluding hydrogens is 342 g/mol. The Morgan fingerprint density at radius 1 is 1.37 bits per heavy atom. The Labute approximate surface area is 157 Å². The molecule has 1 aliphatic rings. The van der Waals surface area contributed by atoms with Crippen LogP contribution in [0.4, 0.5) is 4.79 Å². The predicted octanol–water partition coefficient (Wildman–Crippen LogP) is 3.01. The van der Waals surface area contributed by atoms with Gasteiger partial charge in [0.25, 0.3) is 0 Å². The van der Waals surface area contributed by atoms with Crippen LogP contribution >= 0.6 is 0 Å². The van der Waals surface area contributed by atoms with E-state index in [1.807, 2.05) is 41.1 Å². The van der Waals surface area contributed by atoms with Crippen LogP contribution in [0.1, 0.15) is 41.5 Å². The van der Waals surface area contributed by atoms with Crippen molar-refractivity contribution in [3.05, 3.63) is 65.4 Å². The normalized spacial score (nSPS) is 16.4.